The molecule has 0 aliphatic rings. The topological polar surface area (TPSA) is 104 Å². The van der Waals surface area contributed by atoms with E-state index < -0.39 is 5.60 Å². The number of aromatic nitrogens is 5. The molecule has 0 saturated heterocycles. The maximum absolute atomic E-state index is 9.82. The lowest BCUT2D eigenvalue weighted by Crippen LogP contribution is -2.38. The minimum Gasteiger partial charge on any atom is -0.389 e. The second kappa shape index (κ2) is 5.45. The predicted octanol–water partition coefficient (Wildman–Crippen LogP) is 0.447. The average Bonchev–Trinajstić information content (AvgIpc) is 2.95. The summed E-state index contributed by atoms with van der Waals surface area (Å²) in [5.41, 5.74) is -0.760. The van der Waals surface area contributed by atoms with Crippen LogP contribution in [0, 0.1) is 0 Å². The van der Waals surface area contributed by atoms with Crippen molar-refractivity contribution in [2.45, 2.75) is 32.9 Å². The van der Waals surface area contributed by atoms with Gasteiger partial charge in [-0.2, -0.15) is 10.1 Å². The Morgan fingerprint density at radius 2 is 2.26 bits per heavy atom. The summed E-state index contributed by atoms with van der Waals surface area (Å²) >= 11 is 0. The highest BCUT2D eigenvalue weighted by Gasteiger charge is 2.20. The Morgan fingerprint density at radius 1 is 1.47 bits per heavy atom. The van der Waals surface area contributed by atoms with Crippen molar-refractivity contribution in [3.05, 3.63) is 12.2 Å². The van der Waals surface area contributed by atoms with Gasteiger partial charge in [0.25, 0.3) is 0 Å². The van der Waals surface area contributed by atoms with Crippen molar-refractivity contribution in [2.24, 2.45) is 0 Å². The van der Waals surface area contributed by atoms with Gasteiger partial charge in [0.15, 0.2) is 5.82 Å². The molecule has 0 unspecified atom stereocenters. The Hall–Kier alpha value is -1.80. The van der Waals surface area contributed by atoms with Gasteiger partial charge in [-0.1, -0.05) is 12.1 Å². The summed E-state index contributed by atoms with van der Waals surface area (Å²) in [6, 6.07) is 0. The highest BCUT2D eigenvalue weighted by molar-refractivity contribution is 5.39. The van der Waals surface area contributed by atoms with Gasteiger partial charge in [-0.25, -0.2) is 4.98 Å². The Morgan fingerprint density at radius 3 is 2.84 bits per heavy atom. The lowest BCUT2D eigenvalue weighted by molar-refractivity contribution is 0.0322. The zero-order chi connectivity index (χ0) is 13.9. The smallest absolute Gasteiger partial charge is 0.241 e. The van der Waals surface area contributed by atoms with E-state index in [9.17, 15) is 5.11 Å². The molecule has 0 aliphatic heterocycles. The molecule has 0 atom stereocenters. The van der Waals surface area contributed by atoms with Crippen LogP contribution >= 0.6 is 0 Å². The molecule has 19 heavy (non-hydrogen) atoms. The second-order valence-electron chi connectivity index (χ2n) is 4.96. The van der Waals surface area contributed by atoms with E-state index >= 15 is 0 Å². The molecule has 2 heterocycles. The summed E-state index contributed by atoms with van der Waals surface area (Å²) < 4.78 is 5.16. The van der Waals surface area contributed by atoms with Crippen LogP contribution in [-0.2, 0) is 6.54 Å². The molecule has 8 heteroatoms. The van der Waals surface area contributed by atoms with Crippen LogP contribution in [0.3, 0.4) is 0 Å². The summed E-state index contributed by atoms with van der Waals surface area (Å²) in [6.07, 6.45) is 1.39. The first kappa shape index (κ1) is 13.6. The van der Waals surface area contributed by atoms with E-state index in [2.05, 4.69) is 25.3 Å². The summed E-state index contributed by atoms with van der Waals surface area (Å²) in [5, 5.41) is 20.1. The maximum Gasteiger partial charge on any atom is 0.241 e. The number of aliphatic hydroxyl groups is 1. The minimum atomic E-state index is -0.760. The number of nitrogens with zero attached hydrogens (tertiary/aromatic N) is 5. The van der Waals surface area contributed by atoms with Crippen molar-refractivity contribution in [2.75, 3.05) is 13.1 Å². The maximum atomic E-state index is 9.82. The van der Waals surface area contributed by atoms with Crippen LogP contribution in [0.4, 0.5) is 0 Å². The molecule has 0 spiro atoms. The monoisotopic (exact) mass is 266 g/mol. The molecule has 0 aliphatic carbocycles. The quantitative estimate of drug-likeness (QED) is 0.782. The van der Waals surface area contributed by atoms with Crippen molar-refractivity contribution in [1.29, 1.82) is 0 Å². The van der Waals surface area contributed by atoms with Crippen molar-refractivity contribution in [3.8, 4) is 11.6 Å². The molecule has 0 aromatic carbocycles. The van der Waals surface area contributed by atoms with E-state index in [-0.39, 0.29) is 0 Å². The van der Waals surface area contributed by atoms with E-state index in [1.54, 1.807) is 13.8 Å². The number of H-pyrrole nitrogens is 1. The van der Waals surface area contributed by atoms with Crippen LogP contribution in [0.15, 0.2) is 10.9 Å². The van der Waals surface area contributed by atoms with Gasteiger partial charge in [0, 0.05) is 6.54 Å². The zero-order valence-electron chi connectivity index (χ0n) is 11.3. The number of aromatic amines is 1. The van der Waals surface area contributed by atoms with Crippen LogP contribution in [0.2, 0.25) is 0 Å². The van der Waals surface area contributed by atoms with Gasteiger partial charge in [0.1, 0.15) is 6.33 Å². The highest BCUT2D eigenvalue weighted by Crippen LogP contribution is 2.12. The van der Waals surface area contributed by atoms with Gasteiger partial charge in [-0.05, 0) is 20.4 Å². The van der Waals surface area contributed by atoms with Crippen molar-refractivity contribution >= 4 is 0 Å². The molecular formula is C11H18N6O2. The van der Waals surface area contributed by atoms with Gasteiger partial charge < -0.3 is 9.63 Å². The fraction of sp³-hybridized carbons (Fsp3) is 0.636. The Kier molecular flexibility index (Phi) is 3.91. The standard InChI is InChI=1S/C11H18N6O2/c1-4-17(6-11(2,3)18)5-8-14-10(16-19-8)9-12-7-13-15-9/h7,18H,4-6H2,1-3H3,(H,12,13,15). The summed E-state index contributed by atoms with van der Waals surface area (Å²) in [5.74, 6) is 1.34. The van der Waals surface area contributed by atoms with E-state index in [1.807, 2.05) is 11.8 Å². The fourth-order valence-electron chi connectivity index (χ4n) is 1.75. The Bertz CT molecular complexity index is 501. The van der Waals surface area contributed by atoms with Gasteiger partial charge in [-0.15, -0.1) is 0 Å². The summed E-state index contributed by atoms with van der Waals surface area (Å²) in [7, 11) is 0. The first-order valence-electron chi connectivity index (χ1n) is 6.11. The van der Waals surface area contributed by atoms with Gasteiger partial charge in [-0.3, -0.25) is 10.00 Å². The van der Waals surface area contributed by atoms with Crippen molar-refractivity contribution in [1.82, 2.24) is 30.2 Å². The molecule has 2 aromatic heterocycles. The SMILES string of the molecule is CCN(Cc1nc(-c2ncn[nH]2)no1)CC(C)(C)O. The molecule has 104 valence electrons. The average molecular weight is 266 g/mol. The summed E-state index contributed by atoms with van der Waals surface area (Å²) in [4.78, 5) is 10.2. The third-order valence-electron chi connectivity index (χ3n) is 2.51. The number of rotatable bonds is 6. The fourth-order valence-corrected chi connectivity index (χ4v) is 1.75. The number of likely N-dealkylation sites (N-methyl/N-ethyl adjacent to an activating group) is 1. The van der Waals surface area contributed by atoms with Crippen molar-refractivity contribution in [3.63, 3.8) is 0 Å². The normalized spacial score (nSPS) is 12.3. The minimum absolute atomic E-state index is 0.381. The van der Waals surface area contributed by atoms with Crippen LogP contribution in [0.1, 0.15) is 26.7 Å². The molecule has 0 bridgehead atoms. The first-order chi connectivity index (χ1) is 8.98. The molecule has 2 N–H and O–H groups in total. The number of hydrogen-bond donors (Lipinski definition) is 2. The van der Waals surface area contributed by atoms with E-state index in [1.165, 1.54) is 6.33 Å². The summed E-state index contributed by atoms with van der Waals surface area (Å²) in [6.45, 7) is 7.35. The van der Waals surface area contributed by atoms with Crippen LogP contribution in [-0.4, -0.2) is 54.0 Å². The molecule has 0 saturated carbocycles. The van der Waals surface area contributed by atoms with Crippen LogP contribution in [0.5, 0.6) is 0 Å². The molecule has 2 aromatic rings. The largest absolute Gasteiger partial charge is 0.389 e. The van der Waals surface area contributed by atoms with Gasteiger partial charge in [0.05, 0.1) is 12.1 Å². The van der Waals surface area contributed by atoms with E-state index in [4.69, 9.17) is 4.52 Å². The molecule has 0 radical (unpaired) electrons. The molecular weight excluding hydrogens is 248 g/mol. The van der Waals surface area contributed by atoms with Crippen molar-refractivity contribution < 1.29 is 9.63 Å². The lowest BCUT2D eigenvalue weighted by atomic mass is 10.1. The number of nitrogens with one attached hydrogen (secondary N) is 1. The highest BCUT2D eigenvalue weighted by atomic mass is 16.5. The van der Waals surface area contributed by atoms with E-state index in [0.29, 0.717) is 30.6 Å². The van der Waals surface area contributed by atoms with E-state index in [0.717, 1.165) is 6.54 Å². The van der Waals surface area contributed by atoms with Gasteiger partial charge in [0.2, 0.25) is 11.7 Å². The Labute approximate surface area is 110 Å². The second-order valence-corrected chi connectivity index (χ2v) is 4.96. The molecule has 0 amide bonds. The molecule has 0 fully saturated rings. The Balaban J connectivity index is 2.03. The molecule has 8 nitrogen and oxygen atoms in total. The third-order valence-corrected chi connectivity index (χ3v) is 2.51. The number of hydrogen-bond acceptors (Lipinski definition) is 7. The zero-order valence-corrected chi connectivity index (χ0v) is 11.3. The van der Waals surface area contributed by atoms with Gasteiger partial charge >= 0.3 is 0 Å². The lowest BCUT2D eigenvalue weighted by Gasteiger charge is -2.26. The van der Waals surface area contributed by atoms with Crippen LogP contribution in [0.25, 0.3) is 11.6 Å². The third kappa shape index (κ3) is 3.83. The molecule has 2 rings (SSSR count). The first-order valence-corrected chi connectivity index (χ1v) is 6.11. The predicted molar refractivity (Wildman–Crippen MR) is 66.9 cm³/mol. The van der Waals surface area contributed by atoms with Crippen LogP contribution < -0.4 is 0 Å².